The van der Waals surface area contributed by atoms with Crippen LogP contribution in [0.25, 0.3) is 0 Å². The van der Waals surface area contributed by atoms with Gasteiger partial charge in [-0.15, -0.1) is 0 Å². The third kappa shape index (κ3) is 1.74. The Kier molecular flexibility index (Phi) is 2.68. The average Bonchev–Trinajstić information content (AvgIpc) is 2.84. The van der Waals surface area contributed by atoms with Crippen molar-refractivity contribution in [2.75, 3.05) is 6.61 Å². The third-order valence-corrected chi connectivity index (χ3v) is 4.69. The van der Waals surface area contributed by atoms with Gasteiger partial charge in [-0.25, -0.2) is 0 Å². The number of hydrogen-bond acceptors (Lipinski definition) is 3. The van der Waals surface area contributed by atoms with Gasteiger partial charge in [-0.1, -0.05) is 11.1 Å². The molecule has 0 bridgehead atoms. The van der Waals surface area contributed by atoms with Crippen LogP contribution in [0.5, 0.6) is 0 Å². The van der Waals surface area contributed by atoms with E-state index in [2.05, 4.69) is 0 Å². The zero-order valence-corrected chi connectivity index (χ0v) is 10.5. The van der Waals surface area contributed by atoms with Crippen molar-refractivity contribution < 1.29 is 19.4 Å². The molecule has 3 aliphatic carbocycles. The van der Waals surface area contributed by atoms with Gasteiger partial charge in [-0.05, 0) is 44.4 Å². The quantitative estimate of drug-likeness (QED) is 0.614. The number of carboxylic acid groups (broad SMARTS) is 1. The summed E-state index contributed by atoms with van der Waals surface area (Å²) < 4.78 is 5.09. The lowest BCUT2D eigenvalue weighted by Gasteiger charge is -2.11. The van der Waals surface area contributed by atoms with Crippen LogP contribution in [0, 0.1) is 23.7 Å². The van der Waals surface area contributed by atoms with Crippen LogP contribution in [0.4, 0.5) is 0 Å². The molecule has 18 heavy (non-hydrogen) atoms. The number of aliphatic carboxylic acids is 1. The van der Waals surface area contributed by atoms with Gasteiger partial charge >= 0.3 is 11.9 Å². The molecule has 0 aromatic rings. The first-order chi connectivity index (χ1) is 8.61. The Balaban J connectivity index is 1.62. The Morgan fingerprint density at radius 2 is 1.72 bits per heavy atom. The summed E-state index contributed by atoms with van der Waals surface area (Å²) in [5, 5.41) is 9.05. The van der Waals surface area contributed by atoms with Crippen molar-refractivity contribution in [3.63, 3.8) is 0 Å². The Bertz CT molecular complexity index is 413. The zero-order valence-electron chi connectivity index (χ0n) is 10.5. The molecule has 0 aliphatic heterocycles. The highest BCUT2D eigenvalue weighted by atomic mass is 16.5. The van der Waals surface area contributed by atoms with Crippen LogP contribution in [0.15, 0.2) is 11.1 Å². The van der Waals surface area contributed by atoms with Crippen LogP contribution in [-0.4, -0.2) is 23.7 Å². The second kappa shape index (κ2) is 4.11. The maximum atomic E-state index is 11.7. The molecule has 0 aromatic carbocycles. The molecule has 0 spiro atoms. The van der Waals surface area contributed by atoms with Crippen molar-refractivity contribution >= 4 is 11.9 Å². The molecule has 3 aliphatic rings. The molecule has 0 aromatic heterocycles. The van der Waals surface area contributed by atoms with Gasteiger partial charge in [0.1, 0.15) is 0 Å². The lowest BCUT2D eigenvalue weighted by Crippen LogP contribution is -2.11. The number of fused-ring (bicyclic) bond motifs is 1. The number of ether oxygens (including phenoxy) is 1. The molecule has 3 rings (SSSR count). The van der Waals surface area contributed by atoms with Crippen molar-refractivity contribution in [2.24, 2.45) is 23.7 Å². The number of carbonyl (C=O) groups excluding carboxylic acids is 1. The summed E-state index contributed by atoms with van der Waals surface area (Å²) in [5.74, 6) is -0.0125. The minimum atomic E-state index is -0.681. The monoisotopic (exact) mass is 250 g/mol. The van der Waals surface area contributed by atoms with Crippen LogP contribution < -0.4 is 0 Å². The largest absolute Gasteiger partial charge is 0.481 e. The van der Waals surface area contributed by atoms with Crippen molar-refractivity contribution in [3.05, 3.63) is 11.1 Å². The number of carboxylic acids is 1. The molecule has 0 saturated heterocycles. The Labute approximate surface area is 106 Å². The van der Waals surface area contributed by atoms with Gasteiger partial charge in [-0.2, -0.15) is 0 Å². The van der Waals surface area contributed by atoms with E-state index < -0.39 is 5.97 Å². The highest BCUT2D eigenvalue weighted by molar-refractivity contribution is 5.77. The first-order valence-corrected chi connectivity index (χ1v) is 6.71. The van der Waals surface area contributed by atoms with E-state index in [4.69, 9.17) is 9.84 Å². The fourth-order valence-corrected chi connectivity index (χ4v) is 3.74. The van der Waals surface area contributed by atoms with E-state index in [1.165, 1.54) is 11.1 Å². The fourth-order valence-electron chi connectivity index (χ4n) is 3.74. The third-order valence-electron chi connectivity index (χ3n) is 4.69. The normalized spacial score (nSPS) is 36.9. The smallest absolute Gasteiger partial charge is 0.309 e. The zero-order chi connectivity index (χ0) is 12.9. The summed E-state index contributed by atoms with van der Waals surface area (Å²) in [6.45, 7) is 2.28. The highest BCUT2D eigenvalue weighted by Crippen LogP contribution is 2.60. The second-order valence-electron chi connectivity index (χ2n) is 5.66. The SMILES string of the molecule is CCOC(=O)C1[C@H]2CC3=C(CC(C(=O)O)C3)C[C@@H]12. The predicted octanol–water partition coefficient (Wildman–Crippen LogP) is 2.00. The number of hydrogen-bond donors (Lipinski definition) is 1. The van der Waals surface area contributed by atoms with Crippen molar-refractivity contribution in [2.45, 2.75) is 32.6 Å². The maximum absolute atomic E-state index is 11.7. The minimum absolute atomic E-state index is 0.0524. The van der Waals surface area contributed by atoms with Crippen molar-refractivity contribution in [3.8, 4) is 0 Å². The molecule has 4 nitrogen and oxygen atoms in total. The number of esters is 1. The summed E-state index contributed by atoms with van der Waals surface area (Å²) in [6.07, 6.45) is 3.24. The van der Waals surface area contributed by atoms with Gasteiger partial charge in [0, 0.05) is 0 Å². The van der Waals surface area contributed by atoms with E-state index >= 15 is 0 Å². The fraction of sp³-hybridized carbons (Fsp3) is 0.714. The Morgan fingerprint density at radius 1 is 1.17 bits per heavy atom. The molecule has 4 atom stereocenters. The van der Waals surface area contributed by atoms with Crippen molar-refractivity contribution in [1.29, 1.82) is 0 Å². The highest BCUT2D eigenvalue weighted by Gasteiger charge is 2.58. The van der Waals surface area contributed by atoms with Gasteiger partial charge in [-0.3, -0.25) is 9.59 Å². The minimum Gasteiger partial charge on any atom is -0.481 e. The lowest BCUT2D eigenvalue weighted by atomic mass is 9.94. The summed E-state index contributed by atoms with van der Waals surface area (Å²) >= 11 is 0. The van der Waals surface area contributed by atoms with E-state index in [1.807, 2.05) is 6.92 Å². The van der Waals surface area contributed by atoms with E-state index in [-0.39, 0.29) is 17.8 Å². The molecule has 0 heterocycles. The summed E-state index contributed by atoms with van der Waals surface area (Å²) in [5.41, 5.74) is 2.63. The molecule has 98 valence electrons. The molecule has 4 heteroatoms. The van der Waals surface area contributed by atoms with E-state index in [1.54, 1.807) is 0 Å². The van der Waals surface area contributed by atoms with Gasteiger partial charge in [0.15, 0.2) is 0 Å². The molecule has 1 saturated carbocycles. The van der Waals surface area contributed by atoms with Crippen molar-refractivity contribution in [1.82, 2.24) is 0 Å². The van der Waals surface area contributed by atoms with Gasteiger partial charge in [0.25, 0.3) is 0 Å². The second-order valence-corrected chi connectivity index (χ2v) is 5.66. The van der Waals surface area contributed by atoms with E-state index in [0.717, 1.165) is 12.8 Å². The number of carbonyl (C=O) groups is 2. The molecule has 0 amide bonds. The van der Waals surface area contributed by atoms with Gasteiger partial charge < -0.3 is 9.84 Å². The van der Waals surface area contributed by atoms with E-state index in [0.29, 0.717) is 31.3 Å². The van der Waals surface area contributed by atoms with Gasteiger partial charge in [0.2, 0.25) is 0 Å². The molecule has 1 N–H and O–H groups in total. The van der Waals surface area contributed by atoms with Crippen LogP contribution in [0.2, 0.25) is 0 Å². The van der Waals surface area contributed by atoms with Gasteiger partial charge in [0.05, 0.1) is 18.4 Å². The summed E-state index contributed by atoms with van der Waals surface area (Å²) in [4.78, 5) is 22.7. The number of rotatable bonds is 3. The first kappa shape index (κ1) is 11.8. The molecular weight excluding hydrogens is 232 g/mol. The summed E-state index contributed by atoms with van der Waals surface area (Å²) in [6, 6.07) is 0. The van der Waals surface area contributed by atoms with Crippen LogP contribution >= 0.6 is 0 Å². The predicted molar refractivity (Wildman–Crippen MR) is 63.7 cm³/mol. The standard InChI is InChI=1S/C14H18O4/c1-2-18-14(17)12-10-5-7-3-9(13(15)16)4-8(7)6-11(10)12/h9-12H,2-6H2,1H3,(H,15,16)/t9?,10-,11+,12?. The first-order valence-electron chi connectivity index (χ1n) is 6.71. The van der Waals surface area contributed by atoms with E-state index in [9.17, 15) is 9.59 Å². The molecule has 0 radical (unpaired) electrons. The molecular formula is C14H18O4. The average molecular weight is 250 g/mol. The van der Waals surface area contributed by atoms with Crippen LogP contribution in [0.3, 0.4) is 0 Å². The van der Waals surface area contributed by atoms with Crippen LogP contribution in [-0.2, 0) is 14.3 Å². The topological polar surface area (TPSA) is 63.6 Å². The Morgan fingerprint density at radius 3 is 2.17 bits per heavy atom. The molecule has 1 fully saturated rings. The number of allylic oxidation sites excluding steroid dienone is 2. The maximum Gasteiger partial charge on any atom is 0.309 e. The van der Waals surface area contributed by atoms with Crippen LogP contribution in [0.1, 0.15) is 32.6 Å². The summed E-state index contributed by atoms with van der Waals surface area (Å²) in [7, 11) is 0. The molecule has 2 unspecified atom stereocenters. The lowest BCUT2D eigenvalue weighted by molar-refractivity contribution is -0.145. The Hall–Kier alpha value is -1.32.